The highest BCUT2D eigenvalue weighted by atomic mass is 16.5. The van der Waals surface area contributed by atoms with Gasteiger partial charge in [0.25, 0.3) is 0 Å². The lowest BCUT2D eigenvalue weighted by molar-refractivity contribution is -0.0982. The van der Waals surface area contributed by atoms with E-state index in [-0.39, 0.29) is 0 Å². The van der Waals surface area contributed by atoms with Crippen molar-refractivity contribution in [1.29, 1.82) is 0 Å². The molecule has 0 saturated carbocycles. The molecule has 0 spiro atoms. The number of hydrogen-bond acceptors (Lipinski definition) is 5. The molecule has 0 aromatic carbocycles. The second-order valence-electron chi connectivity index (χ2n) is 6.33. The monoisotopic (exact) mass is 303 g/mol. The van der Waals surface area contributed by atoms with E-state index in [1.807, 2.05) is 18.2 Å². The number of rotatable bonds is 6. The predicted molar refractivity (Wildman–Crippen MR) is 84.6 cm³/mol. The minimum absolute atomic E-state index is 0.516. The molecule has 0 amide bonds. The molecule has 2 aromatic rings. The van der Waals surface area contributed by atoms with E-state index in [0.29, 0.717) is 12.0 Å². The van der Waals surface area contributed by atoms with Gasteiger partial charge in [-0.3, -0.25) is 9.67 Å². The summed E-state index contributed by atoms with van der Waals surface area (Å²) < 4.78 is 7.27. The van der Waals surface area contributed by atoms with E-state index in [0.717, 1.165) is 5.69 Å². The highest BCUT2D eigenvalue weighted by Crippen LogP contribution is 2.25. The van der Waals surface area contributed by atoms with Gasteiger partial charge in [0.1, 0.15) is 0 Å². The standard InChI is InChI=1S/C15H22BN3O3/c1-14(2,20)15(3,4)22-16(21)12-9-18-19(10-12)11-13-7-5-6-8-17-13/h5-10,20-21H,11H2,1-4H3. The van der Waals surface area contributed by atoms with Crippen molar-refractivity contribution in [3.63, 3.8) is 0 Å². The molecule has 0 bridgehead atoms. The Hall–Kier alpha value is -1.70. The third-order valence-corrected chi connectivity index (χ3v) is 3.87. The van der Waals surface area contributed by atoms with Crippen LogP contribution in [0.15, 0.2) is 36.8 Å². The molecule has 0 fully saturated rings. The Balaban J connectivity index is 2.05. The Bertz CT molecular complexity index is 608. The Morgan fingerprint density at radius 2 is 2.00 bits per heavy atom. The number of pyridine rings is 1. The normalized spacial score (nSPS) is 12.5. The topological polar surface area (TPSA) is 80.4 Å². The first-order valence-corrected chi connectivity index (χ1v) is 7.19. The zero-order valence-corrected chi connectivity index (χ0v) is 13.4. The molecule has 118 valence electrons. The van der Waals surface area contributed by atoms with Crippen LogP contribution in [-0.2, 0) is 11.2 Å². The zero-order valence-electron chi connectivity index (χ0n) is 13.4. The van der Waals surface area contributed by atoms with Crippen LogP contribution in [0.25, 0.3) is 0 Å². The van der Waals surface area contributed by atoms with Gasteiger partial charge in [-0.1, -0.05) is 6.07 Å². The van der Waals surface area contributed by atoms with Gasteiger partial charge in [-0.05, 0) is 39.8 Å². The summed E-state index contributed by atoms with van der Waals surface area (Å²) in [6.45, 7) is 7.26. The molecule has 0 aliphatic heterocycles. The quantitative estimate of drug-likeness (QED) is 0.763. The number of nitrogens with zero attached hydrogens (tertiary/aromatic N) is 3. The van der Waals surface area contributed by atoms with Crippen LogP contribution in [0.4, 0.5) is 0 Å². The van der Waals surface area contributed by atoms with Crippen LogP contribution in [0.5, 0.6) is 0 Å². The third kappa shape index (κ3) is 3.94. The van der Waals surface area contributed by atoms with Crippen molar-refractivity contribution in [3.8, 4) is 0 Å². The second kappa shape index (κ2) is 6.20. The van der Waals surface area contributed by atoms with Crippen LogP contribution < -0.4 is 5.46 Å². The Labute approximate surface area is 130 Å². The summed E-state index contributed by atoms with van der Waals surface area (Å²) in [5, 5.41) is 24.5. The molecule has 0 aliphatic rings. The first-order valence-electron chi connectivity index (χ1n) is 7.19. The van der Waals surface area contributed by atoms with Crippen LogP contribution in [0.1, 0.15) is 33.4 Å². The molecule has 2 N–H and O–H groups in total. The molecule has 0 saturated heterocycles. The van der Waals surface area contributed by atoms with Crippen molar-refractivity contribution in [2.75, 3.05) is 0 Å². The Morgan fingerprint density at radius 3 is 2.59 bits per heavy atom. The molecule has 2 rings (SSSR count). The summed E-state index contributed by atoms with van der Waals surface area (Å²) in [4.78, 5) is 4.23. The molecule has 0 unspecified atom stereocenters. The summed E-state index contributed by atoms with van der Waals surface area (Å²) in [6, 6.07) is 5.68. The average Bonchev–Trinajstić information content (AvgIpc) is 2.86. The van der Waals surface area contributed by atoms with Gasteiger partial charge in [0, 0.05) is 24.1 Å². The largest absolute Gasteiger partial charge is 0.494 e. The highest BCUT2D eigenvalue weighted by Gasteiger charge is 2.39. The maximum absolute atomic E-state index is 10.2. The van der Waals surface area contributed by atoms with Crippen molar-refractivity contribution in [2.45, 2.75) is 45.4 Å². The molecule has 6 nitrogen and oxygen atoms in total. The fourth-order valence-electron chi connectivity index (χ4n) is 1.74. The van der Waals surface area contributed by atoms with Crippen LogP contribution >= 0.6 is 0 Å². The average molecular weight is 303 g/mol. The van der Waals surface area contributed by atoms with E-state index in [9.17, 15) is 10.1 Å². The number of aromatic nitrogens is 3. The lowest BCUT2D eigenvalue weighted by atomic mass is 9.78. The summed E-state index contributed by atoms with van der Waals surface area (Å²) in [6.07, 6.45) is 4.98. The molecular weight excluding hydrogens is 281 g/mol. The van der Waals surface area contributed by atoms with Gasteiger partial charge in [0.2, 0.25) is 0 Å². The van der Waals surface area contributed by atoms with Crippen LogP contribution in [-0.4, -0.2) is 43.2 Å². The molecule has 22 heavy (non-hydrogen) atoms. The molecule has 2 heterocycles. The number of hydrogen-bond donors (Lipinski definition) is 2. The summed E-state index contributed by atoms with van der Waals surface area (Å²) in [7, 11) is -1.15. The van der Waals surface area contributed by atoms with Crippen molar-refractivity contribution in [3.05, 3.63) is 42.5 Å². The van der Waals surface area contributed by atoms with Crippen molar-refractivity contribution < 1.29 is 14.8 Å². The summed E-state index contributed by atoms with van der Waals surface area (Å²) >= 11 is 0. The summed E-state index contributed by atoms with van der Waals surface area (Å²) in [5.74, 6) is 0. The van der Waals surface area contributed by atoms with Gasteiger partial charge in [-0.2, -0.15) is 5.10 Å². The molecule has 0 aliphatic carbocycles. The first kappa shape index (κ1) is 16.7. The minimum Gasteiger partial charge on any atom is -0.423 e. The smallest absolute Gasteiger partial charge is 0.423 e. The first-order chi connectivity index (χ1) is 10.2. The molecule has 7 heteroatoms. The fraction of sp³-hybridized carbons (Fsp3) is 0.467. The van der Waals surface area contributed by atoms with E-state index in [1.54, 1.807) is 51.0 Å². The van der Waals surface area contributed by atoms with E-state index in [4.69, 9.17) is 4.65 Å². The van der Waals surface area contributed by atoms with Gasteiger partial charge in [-0.25, -0.2) is 0 Å². The van der Waals surface area contributed by atoms with Gasteiger partial charge in [-0.15, -0.1) is 0 Å². The molecular formula is C15H22BN3O3. The number of aliphatic hydroxyl groups is 1. The predicted octanol–water partition coefficient (Wildman–Crippen LogP) is 0.580. The third-order valence-electron chi connectivity index (χ3n) is 3.87. The van der Waals surface area contributed by atoms with Crippen molar-refractivity contribution in [1.82, 2.24) is 14.8 Å². The van der Waals surface area contributed by atoms with E-state index in [1.165, 1.54) is 0 Å². The van der Waals surface area contributed by atoms with Crippen LogP contribution in [0, 0.1) is 0 Å². The van der Waals surface area contributed by atoms with E-state index >= 15 is 0 Å². The van der Waals surface area contributed by atoms with Crippen molar-refractivity contribution >= 4 is 12.6 Å². The minimum atomic E-state index is -1.15. The maximum atomic E-state index is 10.2. The Kier molecular flexibility index (Phi) is 4.70. The van der Waals surface area contributed by atoms with Gasteiger partial charge in [0.15, 0.2) is 0 Å². The molecule has 2 aromatic heterocycles. The molecule has 0 radical (unpaired) electrons. The SMILES string of the molecule is CC(C)(O)C(C)(C)OB(O)c1cnn(Cc2ccccn2)c1. The summed E-state index contributed by atoms with van der Waals surface area (Å²) in [5.41, 5.74) is -0.578. The van der Waals surface area contributed by atoms with Crippen LogP contribution in [0.3, 0.4) is 0 Å². The second-order valence-corrected chi connectivity index (χ2v) is 6.33. The van der Waals surface area contributed by atoms with E-state index in [2.05, 4.69) is 10.1 Å². The molecule has 0 atom stereocenters. The zero-order chi connectivity index (χ0) is 16.4. The highest BCUT2D eigenvalue weighted by molar-refractivity contribution is 6.59. The van der Waals surface area contributed by atoms with Crippen molar-refractivity contribution in [2.24, 2.45) is 0 Å². The van der Waals surface area contributed by atoms with Crippen LogP contribution in [0.2, 0.25) is 0 Å². The lowest BCUT2D eigenvalue weighted by Crippen LogP contribution is -2.53. The Morgan fingerprint density at radius 1 is 1.27 bits per heavy atom. The van der Waals surface area contributed by atoms with E-state index < -0.39 is 18.3 Å². The van der Waals surface area contributed by atoms with Gasteiger partial charge >= 0.3 is 7.12 Å². The lowest BCUT2D eigenvalue weighted by Gasteiger charge is -2.38. The maximum Gasteiger partial charge on any atom is 0.494 e. The van der Waals surface area contributed by atoms with Gasteiger partial charge in [0.05, 0.1) is 23.4 Å². The fourth-order valence-corrected chi connectivity index (χ4v) is 1.74. The van der Waals surface area contributed by atoms with Gasteiger partial charge < -0.3 is 14.8 Å².